The fraction of sp³-hybridized carbons (Fsp3) is 0.0833. The third-order valence-corrected chi connectivity index (χ3v) is 3.18. The zero-order chi connectivity index (χ0) is 13.8. The predicted molar refractivity (Wildman–Crippen MR) is 69.1 cm³/mol. The number of halogens is 1. The van der Waals surface area contributed by atoms with Crippen molar-refractivity contribution in [1.29, 1.82) is 5.26 Å². The van der Waals surface area contributed by atoms with Crippen molar-refractivity contribution in [3.63, 3.8) is 0 Å². The Morgan fingerprint density at radius 2 is 2.37 bits per heavy atom. The Labute approximate surface area is 112 Å². The molecule has 1 aromatic carbocycles. The molecule has 0 atom stereocenters. The quantitative estimate of drug-likeness (QED) is 0.895. The Morgan fingerprint density at radius 3 is 3.00 bits per heavy atom. The van der Waals surface area contributed by atoms with Gasteiger partial charge < -0.3 is 11.1 Å². The van der Waals surface area contributed by atoms with E-state index in [-0.39, 0.29) is 23.5 Å². The molecule has 0 aliphatic rings. The number of hydrogen-bond donors (Lipinski definition) is 2. The molecule has 96 valence electrons. The van der Waals surface area contributed by atoms with Crippen molar-refractivity contribution in [2.75, 3.05) is 5.32 Å². The number of anilines is 1. The van der Waals surface area contributed by atoms with Crippen molar-refractivity contribution in [3.05, 3.63) is 45.7 Å². The lowest BCUT2D eigenvalue weighted by atomic mass is 10.2. The fourth-order valence-corrected chi connectivity index (χ4v) is 2.07. The Morgan fingerprint density at radius 1 is 1.58 bits per heavy atom. The van der Waals surface area contributed by atoms with Gasteiger partial charge in [0.25, 0.3) is 5.91 Å². The first-order chi connectivity index (χ1) is 9.13. The topological polar surface area (TPSA) is 91.8 Å². The molecular formula is C12H9FN4OS. The molecule has 2 aromatic rings. The molecular weight excluding hydrogens is 267 g/mol. The van der Waals surface area contributed by atoms with Gasteiger partial charge in [0, 0.05) is 11.9 Å². The van der Waals surface area contributed by atoms with E-state index >= 15 is 0 Å². The molecule has 0 spiro atoms. The van der Waals surface area contributed by atoms with Crippen molar-refractivity contribution in [3.8, 4) is 6.07 Å². The van der Waals surface area contributed by atoms with Crippen molar-refractivity contribution >= 4 is 22.9 Å². The second-order valence-corrected chi connectivity index (χ2v) is 4.53. The van der Waals surface area contributed by atoms with E-state index < -0.39 is 11.7 Å². The summed E-state index contributed by atoms with van der Waals surface area (Å²) in [6.45, 7) is 0.262. The normalized spacial score (nSPS) is 9.95. The second kappa shape index (κ2) is 5.56. The first kappa shape index (κ1) is 13.1. The number of thiazole rings is 1. The van der Waals surface area contributed by atoms with Crippen LogP contribution in [0.2, 0.25) is 0 Å². The molecule has 0 aliphatic carbocycles. The first-order valence-corrected chi connectivity index (χ1v) is 6.17. The van der Waals surface area contributed by atoms with E-state index in [0.717, 1.165) is 6.07 Å². The van der Waals surface area contributed by atoms with Gasteiger partial charge in [0.1, 0.15) is 22.6 Å². The van der Waals surface area contributed by atoms with Gasteiger partial charge in [-0.25, -0.2) is 9.37 Å². The van der Waals surface area contributed by atoms with E-state index in [2.05, 4.69) is 10.3 Å². The number of nitrogens with zero attached hydrogens (tertiary/aromatic N) is 2. The molecule has 5 nitrogen and oxygen atoms in total. The average Bonchev–Trinajstić information content (AvgIpc) is 2.89. The number of aromatic nitrogens is 1. The summed E-state index contributed by atoms with van der Waals surface area (Å²) >= 11 is 1.28. The summed E-state index contributed by atoms with van der Waals surface area (Å²) in [4.78, 5) is 15.9. The summed E-state index contributed by atoms with van der Waals surface area (Å²) in [5.74, 6) is -0.993. The van der Waals surface area contributed by atoms with Crippen LogP contribution in [0.5, 0.6) is 0 Å². The Bertz CT molecular complexity index is 662. The van der Waals surface area contributed by atoms with Crippen molar-refractivity contribution in [2.24, 2.45) is 5.73 Å². The number of nitrogens with one attached hydrogen (secondary N) is 1. The zero-order valence-electron chi connectivity index (χ0n) is 9.68. The largest absolute Gasteiger partial charge is 0.325 e. The maximum Gasteiger partial charge on any atom is 0.275 e. The Hall–Kier alpha value is -2.30. The smallest absolute Gasteiger partial charge is 0.275 e. The molecule has 0 saturated heterocycles. The fourth-order valence-electron chi connectivity index (χ4n) is 1.41. The van der Waals surface area contributed by atoms with E-state index in [9.17, 15) is 9.18 Å². The predicted octanol–water partition coefficient (Wildman–Crippen LogP) is 1.86. The van der Waals surface area contributed by atoms with Gasteiger partial charge in [-0.3, -0.25) is 4.79 Å². The van der Waals surface area contributed by atoms with Gasteiger partial charge in [-0.1, -0.05) is 0 Å². The summed E-state index contributed by atoms with van der Waals surface area (Å²) in [5.41, 5.74) is 5.94. The summed E-state index contributed by atoms with van der Waals surface area (Å²) in [6.07, 6.45) is 0. The van der Waals surface area contributed by atoms with Gasteiger partial charge in [0.15, 0.2) is 0 Å². The third-order valence-electron chi connectivity index (χ3n) is 2.31. The monoisotopic (exact) mass is 276 g/mol. The van der Waals surface area contributed by atoms with Crippen molar-refractivity contribution < 1.29 is 9.18 Å². The summed E-state index contributed by atoms with van der Waals surface area (Å²) in [5, 5.41) is 13.6. The van der Waals surface area contributed by atoms with Crippen molar-refractivity contribution in [2.45, 2.75) is 6.54 Å². The van der Waals surface area contributed by atoms with Gasteiger partial charge in [-0.2, -0.15) is 5.26 Å². The average molecular weight is 276 g/mol. The van der Waals surface area contributed by atoms with Crippen LogP contribution in [0.3, 0.4) is 0 Å². The first-order valence-electron chi connectivity index (χ1n) is 5.29. The van der Waals surface area contributed by atoms with E-state index in [0.29, 0.717) is 5.01 Å². The highest BCUT2D eigenvalue weighted by molar-refractivity contribution is 7.09. The number of carbonyl (C=O) groups is 1. The zero-order valence-corrected chi connectivity index (χ0v) is 10.5. The van der Waals surface area contributed by atoms with Crippen LogP contribution in [0.15, 0.2) is 23.6 Å². The highest BCUT2D eigenvalue weighted by atomic mass is 32.1. The van der Waals surface area contributed by atoms with Crippen LogP contribution >= 0.6 is 11.3 Å². The number of rotatable bonds is 3. The van der Waals surface area contributed by atoms with E-state index in [1.165, 1.54) is 23.5 Å². The summed E-state index contributed by atoms with van der Waals surface area (Å²) < 4.78 is 13.0. The van der Waals surface area contributed by atoms with Crippen LogP contribution < -0.4 is 11.1 Å². The molecule has 1 heterocycles. The molecule has 1 aromatic heterocycles. The maximum atomic E-state index is 13.0. The minimum Gasteiger partial charge on any atom is -0.325 e. The highest BCUT2D eigenvalue weighted by Crippen LogP contribution is 2.17. The minimum atomic E-state index is -0.534. The van der Waals surface area contributed by atoms with Gasteiger partial charge >= 0.3 is 0 Å². The lowest BCUT2D eigenvalue weighted by Gasteiger charge is -2.05. The number of amides is 1. The van der Waals surface area contributed by atoms with Gasteiger partial charge in [-0.05, 0) is 18.2 Å². The molecule has 19 heavy (non-hydrogen) atoms. The van der Waals surface area contributed by atoms with E-state index in [4.69, 9.17) is 11.0 Å². The highest BCUT2D eigenvalue weighted by Gasteiger charge is 2.13. The van der Waals surface area contributed by atoms with Gasteiger partial charge in [0.05, 0.1) is 11.3 Å². The lowest BCUT2D eigenvalue weighted by molar-refractivity contribution is 0.102. The van der Waals surface area contributed by atoms with Gasteiger partial charge in [-0.15, -0.1) is 11.3 Å². The molecule has 1 amide bonds. The van der Waals surface area contributed by atoms with Crippen molar-refractivity contribution in [1.82, 2.24) is 4.98 Å². The summed E-state index contributed by atoms with van der Waals surface area (Å²) in [6, 6.07) is 5.38. The second-order valence-electron chi connectivity index (χ2n) is 3.59. The van der Waals surface area contributed by atoms with Crippen LogP contribution in [0, 0.1) is 17.1 Å². The molecule has 7 heteroatoms. The summed E-state index contributed by atoms with van der Waals surface area (Å²) in [7, 11) is 0. The lowest BCUT2D eigenvalue weighted by Crippen LogP contribution is -2.13. The number of nitrogens with two attached hydrogens (primary N) is 1. The van der Waals surface area contributed by atoms with E-state index in [1.54, 1.807) is 5.38 Å². The van der Waals surface area contributed by atoms with Crippen LogP contribution in [0.1, 0.15) is 21.1 Å². The number of nitriles is 1. The molecule has 3 N–H and O–H groups in total. The number of benzene rings is 1. The molecule has 0 radical (unpaired) electrons. The minimum absolute atomic E-state index is 0.0580. The SMILES string of the molecule is N#Cc1cc(F)ccc1NC(=O)c1csc(CN)n1. The Kier molecular flexibility index (Phi) is 3.85. The van der Waals surface area contributed by atoms with E-state index in [1.807, 2.05) is 6.07 Å². The van der Waals surface area contributed by atoms with Crippen LogP contribution in [-0.4, -0.2) is 10.9 Å². The molecule has 0 bridgehead atoms. The van der Waals surface area contributed by atoms with Gasteiger partial charge in [0.2, 0.25) is 0 Å². The molecule has 0 aliphatic heterocycles. The number of carbonyl (C=O) groups excluding carboxylic acids is 1. The maximum absolute atomic E-state index is 13.0. The Balaban J connectivity index is 2.22. The number of hydrogen-bond acceptors (Lipinski definition) is 5. The third kappa shape index (κ3) is 2.93. The molecule has 2 rings (SSSR count). The molecule has 0 saturated carbocycles. The standard InChI is InChI=1S/C12H9FN4OS/c13-8-1-2-9(7(3-8)4-14)17-12(18)10-6-19-11(5-15)16-10/h1-3,6H,5,15H2,(H,17,18). The molecule has 0 fully saturated rings. The molecule has 0 unspecified atom stereocenters. The van der Waals surface area contributed by atoms with Crippen LogP contribution in [-0.2, 0) is 6.54 Å². The van der Waals surface area contributed by atoms with Crippen LogP contribution in [0.25, 0.3) is 0 Å². The van der Waals surface area contributed by atoms with Crippen LogP contribution in [0.4, 0.5) is 10.1 Å².